The Kier molecular flexibility index (Phi) is 6.60. The number of carbonyl (C=O) groups excluding carboxylic acids is 1. The molecule has 0 bridgehead atoms. The van der Waals surface area contributed by atoms with Crippen molar-refractivity contribution in [3.05, 3.63) is 35.9 Å². The maximum Gasteiger partial charge on any atom is 0.253 e. The van der Waals surface area contributed by atoms with Crippen LogP contribution in [0.4, 0.5) is 0 Å². The molecule has 0 fully saturated rings. The van der Waals surface area contributed by atoms with E-state index in [9.17, 15) is 4.79 Å². The van der Waals surface area contributed by atoms with Crippen LogP contribution < -0.4 is 5.32 Å². The van der Waals surface area contributed by atoms with E-state index < -0.39 is 6.10 Å². The second-order valence-electron chi connectivity index (χ2n) is 3.95. The maximum atomic E-state index is 12.0. The summed E-state index contributed by atoms with van der Waals surface area (Å²) in [6.07, 6.45) is 6.55. The van der Waals surface area contributed by atoms with E-state index in [2.05, 4.69) is 18.2 Å². The monoisotopic (exact) mass is 245 g/mol. The molecule has 0 saturated heterocycles. The Morgan fingerprint density at radius 1 is 1.44 bits per heavy atom. The minimum absolute atomic E-state index is 0.126. The predicted octanol–water partition coefficient (Wildman–Crippen LogP) is 2.29. The van der Waals surface area contributed by atoms with Gasteiger partial charge in [-0.1, -0.05) is 49.6 Å². The van der Waals surface area contributed by atoms with Crippen LogP contribution in [0.5, 0.6) is 0 Å². The van der Waals surface area contributed by atoms with E-state index in [1.165, 1.54) is 0 Å². The summed E-state index contributed by atoms with van der Waals surface area (Å²) in [5, 5.41) is 2.86. The van der Waals surface area contributed by atoms with Gasteiger partial charge in [0.2, 0.25) is 0 Å². The largest absolute Gasteiger partial charge is 0.354 e. The van der Waals surface area contributed by atoms with Crippen molar-refractivity contribution in [1.29, 1.82) is 0 Å². The zero-order chi connectivity index (χ0) is 13.2. The molecule has 0 aliphatic heterocycles. The minimum atomic E-state index is -0.626. The summed E-state index contributed by atoms with van der Waals surface area (Å²) in [5.74, 6) is 2.25. The molecule has 0 aliphatic rings. The molecule has 1 N–H and O–H groups in total. The minimum Gasteiger partial charge on any atom is -0.354 e. The van der Waals surface area contributed by atoms with Gasteiger partial charge in [-0.3, -0.25) is 4.79 Å². The van der Waals surface area contributed by atoms with E-state index in [1.807, 2.05) is 30.3 Å². The number of benzene rings is 1. The summed E-state index contributed by atoms with van der Waals surface area (Å²) in [4.78, 5) is 12.0. The van der Waals surface area contributed by atoms with Gasteiger partial charge in [0.15, 0.2) is 6.10 Å². The molecule has 1 unspecified atom stereocenters. The van der Waals surface area contributed by atoms with Gasteiger partial charge in [-0.25, -0.2) is 0 Å². The molecule has 0 heterocycles. The lowest BCUT2D eigenvalue weighted by Crippen LogP contribution is -2.31. The highest BCUT2D eigenvalue weighted by Crippen LogP contribution is 2.17. The summed E-state index contributed by atoms with van der Waals surface area (Å²) < 4.78 is 5.42. The maximum absolute atomic E-state index is 12.0. The van der Waals surface area contributed by atoms with Gasteiger partial charge in [0.1, 0.15) is 6.61 Å². The Bertz CT molecular complexity index is 395. The fourth-order valence-corrected chi connectivity index (χ4v) is 1.56. The molecule has 96 valence electrons. The third kappa shape index (κ3) is 4.60. The van der Waals surface area contributed by atoms with Crippen LogP contribution in [-0.4, -0.2) is 19.1 Å². The first-order valence-corrected chi connectivity index (χ1v) is 6.17. The first kappa shape index (κ1) is 14.3. The van der Waals surface area contributed by atoms with Crippen LogP contribution in [0, 0.1) is 12.3 Å². The van der Waals surface area contributed by atoms with Crippen molar-refractivity contribution in [3.8, 4) is 12.3 Å². The van der Waals surface area contributed by atoms with Crippen molar-refractivity contribution >= 4 is 5.91 Å². The summed E-state index contributed by atoms with van der Waals surface area (Å²) in [5.41, 5.74) is 0.821. The third-order valence-electron chi connectivity index (χ3n) is 2.50. The zero-order valence-corrected chi connectivity index (χ0v) is 10.7. The molecule has 1 aromatic carbocycles. The van der Waals surface area contributed by atoms with Gasteiger partial charge in [0.25, 0.3) is 5.91 Å². The smallest absolute Gasteiger partial charge is 0.253 e. The first-order chi connectivity index (χ1) is 8.79. The van der Waals surface area contributed by atoms with E-state index >= 15 is 0 Å². The van der Waals surface area contributed by atoms with E-state index in [4.69, 9.17) is 11.2 Å². The van der Waals surface area contributed by atoms with Gasteiger partial charge in [-0.2, -0.15) is 0 Å². The fraction of sp³-hybridized carbons (Fsp3) is 0.400. The van der Waals surface area contributed by atoms with E-state index in [0.717, 1.165) is 18.4 Å². The van der Waals surface area contributed by atoms with Gasteiger partial charge in [-0.05, 0) is 12.0 Å². The van der Waals surface area contributed by atoms with Crippen molar-refractivity contribution in [2.75, 3.05) is 13.2 Å². The molecule has 18 heavy (non-hydrogen) atoms. The highest BCUT2D eigenvalue weighted by atomic mass is 16.5. The van der Waals surface area contributed by atoms with Crippen LogP contribution in [0.15, 0.2) is 30.3 Å². The molecular weight excluding hydrogens is 226 g/mol. The fourth-order valence-electron chi connectivity index (χ4n) is 1.56. The van der Waals surface area contributed by atoms with Crippen LogP contribution in [0.2, 0.25) is 0 Å². The second kappa shape index (κ2) is 8.32. The van der Waals surface area contributed by atoms with Gasteiger partial charge >= 0.3 is 0 Å². The van der Waals surface area contributed by atoms with Crippen LogP contribution in [-0.2, 0) is 9.53 Å². The second-order valence-corrected chi connectivity index (χ2v) is 3.95. The molecule has 1 rings (SSSR count). The van der Waals surface area contributed by atoms with Crippen LogP contribution in [0.25, 0.3) is 0 Å². The van der Waals surface area contributed by atoms with Crippen LogP contribution in [0.3, 0.4) is 0 Å². The van der Waals surface area contributed by atoms with Crippen molar-refractivity contribution in [2.45, 2.75) is 25.9 Å². The summed E-state index contributed by atoms with van der Waals surface area (Å²) in [7, 11) is 0. The molecule has 0 spiro atoms. The van der Waals surface area contributed by atoms with Gasteiger partial charge in [0.05, 0.1) is 0 Å². The molecule has 0 aliphatic carbocycles. The molecule has 1 amide bonds. The zero-order valence-electron chi connectivity index (χ0n) is 10.7. The summed E-state index contributed by atoms with van der Waals surface area (Å²) >= 11 is 0. The number of hydrogen-bond acceptors (Lipinski definition) is 2. The molecule has 3 nitrogen and oxygen atoms in total. The average Bonchev–Trinajstić information content (AvgIpc) is 2.41. The van der Waals surface area contributed by atoms with E-state index in [0.29, 0.717) is 6.54 Å². The molecule has 0 aromatic heterocycles. The summed E-state index contributed by atoms with van der Waals surface area (Å²) in [6, 6.07) is 9.37. The number of amides is 1. The molecule has 1 atom stereocenters. The van der Waals surface area contributed by atoms with Crippen LogP contribution >= 0.6 is 0 Å². The Labute approximate surface area is 109 Å². The highest BCUT2D eigenvalue weighted by Gasteiger charge is 2.20. The number of carbonyl (C=O) groups is 1. The van der Waals surface area contributed by atoms with Crippen molar-refractivity contribution < 1.29 is 9.53 Å². The molecule has 1 aromatic rings. The topological polar surface area (TPSA) is 38.3 Å². The number of unbranched alkanes of at least 4 members (excludes halogenated alkanes) is 1. The normalized spacial score (nSPS) is 11.6. The van der Waals surface area contributed by atoms with Crippen molar-refractivity contribution in [2.24, 2.45) is 0 Å². The number of hydrogen-bond donors (Lipinski definition) is 1. The number of ether oxygens (including phenoxy) is 1. The quantitative estimate of drug-likeness (QED) is 0.591. The molecular formula is C15H19NO2. The molecule has 0 saturated carbocycles. The van der Waals surface area contributed by atoms with Gasteiger partial charge in [-0.15, -0.1) is 6.42 Å². The Morgan fingerprint density at radius 3 is 2.78 bits per heavy atom. The lowest BCUT2D eigenvalue weighted by atomic mass is 10.1. The first-order valence-electron chi connectivity index (χ1n) is 6.17. The molecule has 0 radical (unpaired) electrons. The summed E-state index contributed by atoms with van der Waals surface area (Å²) in [6.45, 7) is 2.87. The SMILES string of the molecule is C#CCOC(C(=O)NCCCC)c1ccccc1. The Balaban J connectivity index is 2.66. The van der Waals surface area contributed by atoms with E-state index in [-0.39, 0.29) is 12.5 Å². The number of rotatable bonds is 7. The lowest BCUT2D eigenvalue weighted by Gasteiger charge is -2.16. The Morgan fingerprint density at radius 2 is 2.17 bits per heavy atom. The number of terminal acetylenes is 1. The molecule has 3 heteroatoms. The van der Waals surface area contributed by atoms with Crippen LogP contribution in [0.1, 0.15) is 31.4 Å². The number of nitrogens with one attached hydrogen (secondary N) is 1. The highest BCUT2D eigenvalue weighted by molar-refractivity contribution is 5.82. The average molecular weight is 245 g/mol. The van der Waals surface area contributed by atoms with Gasteiger partial charge in [0, 0.05) is 6.54 Å². The lowest BCUT2D eigenvalue weighted by molar-refractivity contribution is -0.132. The predicted molar refractivity (Wildman–Crippen MR) is 71.9 cm³/mol. The van der Waals surface area contributed by atoms with Crippen molar-refractivity contribution in [1.82, 2.24) is 5.32 Å². The van der Waals surface area contributed by atoms with Gasteiger partial charge < -0.3 is 10.1 Å². The third-order valence-corrected chi connectivity index (χ3v) is 2.50. The Hall–Kier alpha value is -1.79. The van der Waals surface area contributed by atoms with Crippen molar-refractivity contribution in [3.63, 3.8) is 0 Å². The van der Waals surface area contributed by atoms with E-state index in [1.54, 1.807) is 0 Å². The standard InChI is InChI=1S/C15H19NO2/c1-3-5-11-16-15(17)14(18-12-4-2)13-9-7-6-8-10-13/h2,6-10,14H,3,5,11-12H2,1H3,(H,16,17).